The lowest BCUT2D eigenvalue weighted by Crippen LogP contribution is -2.04. The van der Waals surface area contributed by atoms with E-state index in [4.69, 9.17) is 18.9 Å². The van der Waals surface area contributed by atoms with Gasteiger partial charge in [-0.3, -0.25) is 0 Å². The van der Waals surface area contributed by atoms with Crippen LogP contribution >= 0.6 is 0 Å². The number of methoxy groups -OCH3 is 3. The van der Waals surface area contributed by atoms with Crippen molar-refractivity contribution >= 4 is 16.7 Å². The second-order valence-corrected chi connectivity index (χ2v) is 6.12. The Kier molecular flexibility index (Phi) is 5.89. The number of ether oxygens (including phenoxy) is 4. The van der Waals surface area contributed by atoms with E-state index in [9.17, 15) is 9.90 Å². The molecular weight excluding hydrogens is 360 g/mol. The first-order valence-electron chi connectivity index (χ1n) is 8.74. The first-order valence-corrected chi connectivity index (χ1v) is 8.74. The molecule has 0 heterocycles. The maximum atomic E-state index is 11.6. The fourth-order valence-electron chi connectivity index (χ4n) is 3.08. The summed E-state index contributed by atoms with van der Waals surface area (Å²) >= 11 is 0. The van der Waals surface area contributed by atoms with Crippen molar-refractivity contribution in [3.05, 3.63) is 59.7 Å². The summed E-state index contributed by atoms with van der Waals surface area (Å²) < 4.78 is 22.4. The summed E-state index contributed by atoms with van der Waals surface area (Å²) in [5.41, 5.74) is 1.09. The minimum atomic E-state index is -1.04. The molecule has 0 fully saturated rings. The van der Waals surface area contributed by atoms with Crippen molar-refractivity contribution < 1.29 is 28.8 Å². The maximum Gasteiger partial charge on any atom is 0.335 e. The molecule has 0 saturated carbocycles. The molecule has 1 aliphatic rings. The smallest absolute Gasteiger partial charge is 0.335 e. The van der Waals surface area contributed by atoms with Crippen molar-refractivity contribution in [2.24, 2.45) is 0 Å². The van der Waals surface area contributed by atoms with Crippen molar-refractivity contribution in [3.8, 4) is 23.0 Å². The summed E-state index contributed by atoms with van der Waals surface area (Å²) in [4.78, 5) is 11.6. The molecule has 1 aliphatic carbocycles. The predicted octanol–water partition coefficient (Wildman–Crippen LogP) is 4.39. The predicted molar refractivity (Wildman–Crippen MR) is 107 cm³/mol. The van der Waals surface area contributed by atoms with Crippen LogP contribution in [0.3, 0.4) is 0 Å². The van der Waals surface area contributed by atoms with Gasteiger partial charge in [-0.2, -0.15) is 0 Å². The molecule has 0 amide bonds. The lowest BCUT2D eigenvalue weighted by molar-refractivity contribution is 0.0696. The van der Waals surface area contributed by atoms with Crippen LogP contribution in [0.1, 0.15) is 16.8 Å². The minimum absolute atomic E-state index is 0.113. The highest BCUT2D eigenvalue weighted by atomic mass is 16.5. The monoisotopic (exact) mass is 382 g/mol. The van der Waals surface area contributed by atoms with Crippen molar-refractivity contribution in [1.29, 1.82) is 0 Å². The van der Waals surface area contributed by atoms with Crippen LogP contribution in [0.15, 0.2) is 54.2 Å². The zero-order valence-corrected chi connectivity index (χ0v) is 16.0. The molecule has 0 aromatic heterocycles. The summed E-state index contributed by atoms with van der Waals surface area (Å²) in [6.45, 7) is 0.288. The van der Waals surface area contributed by atoms with Crippen LogP contribution in [0.4, 0.5) is 0 Å². The molecule has 2 aromatic rings. The third kappa shape index (κ3) is 3.81. The number of rotatable bonds is 7. The van der Waals surface area contributed by atoms with Crippen molar-refractivity contribution in [2.45, 2.75) is 6.42 Å². The van der Waals surface area contributed by atoms with Gasteiger partial charge in [-0.25, -0.2) is 4.79 Å². The van der Waals surface area contributed by atoms with E-state index in [1.54, 1.807) is 12.1 Å². The fraction of sp³-hybridized carbons (Fsp3) is 0.227. The second-order valence-electron chi connectivity index (χ2n) is 6.12. The Morgan fingerprint density at radius 1 is 1.00 bits per heavy atom. The zero-order valence-electron chi connectivity index (χ0n) is 16.0. The number of carbonyl (C=O) groups is 1. The molecule has 1 N–H and O–H groups in total. The molecule has 0 radical (unpaired) electrons. The van der Waals surface area contributed by atoms with E-state index in [0.717, 1.165) is 12.0 Å². The Morgan fingerprint density at radius 2 is 1.79 bits per heavy atom. The van der Waals surface area contributed by atoms with Crippen LogP contribution in [-0.2, 0) is 0 Å². The Morgan fingerprint density at radius 3 is 2.46 bits per heavy atom. The van der Waals surface area contributed by atoms with Gasteiger partial charge in [-0.15, -0.1) is 0 Å². The summed E-state index contributed by atoms with van der Waals surface area (Å²) in [7, 11) is 4.55. The van der Waals surface area contributed by atoms with E-state index in [1.807, 2.05) is 30.4 Å². The highest BCUT2D eigenvalue weighted by molar-refractivity contribution is 6.02. The third-order valence-corrected chi connectivity index (χ3v) is 4.40. The highest BCUT2D eigenvalue weighted by Gasteiger charge is 2.21. The molecule has 0 spiro atoms. The van der Waals surface area contributed by atoms with Crippen LogP contribution in [-0.4, -0.2) is 39.0 Å². The van der Waals surface area contributed by atoms with Gasteiger partial charge in [-0.05, 0) is 35.6 Å². The van der Waals surface area contributed by atoms with Gasteiger partial charge in [0.25, 0.3) is 0 Å². The molecule has 6 nitrogen and oxygen atoms in total. The summed E-state index contributed by atoms with van der Waals surface area (Å²) in [6, 6.07) is 4.77. The third-order valence-electron chi connectivity index (χ3n) is 4.40. The summed E-state index contributed by atoms with van der Waals surface area (Å²) in [5.74, 6) is 0.642. The molecule has 2 aromatic carbocycles. The van der Waals surface area contributed by atoms with Crippen LogP contribution in [0, 0.1) is 0 Å². The molecule has 146 valence electrons. The van der Waals surface area contributed by atoms with Gasteiger partial charge in [0.05, 0.1) is 32.3 Å². The number of fused-ring (bicyclic) bond motifs is 1. The number of hydrogen-bond acceptors (Lipinski definition) is 5. The van der Waals surface area contributed by atoms with Crippen LogP contribution in [0.2, 0.25) is 0 Å². The van der Waals surface area contributed by atoms with Crippen molar-refractivity contribution in [1.82, 2.24) is 0 Å². The van der Waals surface area contributed by atoms with E-state index >= 15 is 0 Å². The average Bonchev–Trinajstić information content (AvgIpc) is 2.98. The molecule has 0 aliphatic heterocycles. The number of hydrogen-bond donors (Lipinski definition) is 1. The van der Waals surface area contributed by atoms with E-state index in [1.165, 1.54) is 27.4 Å². The lowest BCUT2D eigenvalue weighted by atomic mass is 10.0. The quantitative estimate of drug-likeness (QED) is 0.766. The van der Waals surface area contributed by atoms with E-state index in [-0.39, 0.29) is 12.2 Å². The number of benzene rings is 2. The molecule has 6 heteroatoms. The average molecular weight is 382 g/mol. The SMILES string of the molecule is COc1cc2cc(C(=O)O)cc(OCC3=CC=CCC=C3)c2c(OC)c1OC. The Bertz CT molecular complexity index is 984. The Hall–Kier alpha value is -3.41. The standard InChI is InChI=1S/C22H22O6/c1-25-18-11-15-10-16(22(23)24)12-17(19(15)21(27-3)20(18)26-2)28-13-14-8-6-4-5-7-9-14/h4,6-12H,5,13H2,1-3H3,(H,23,24). The number of allylic oxidation sites excluding steroid dienone is 4. The number of carboxylic acids is 1. The molecule has 3 rings (SSSR count). The van der Waals surface area contributed by atoms with E-state index in [0.29, 0.717) is 33.8 Å². The van der Waals surface area contributed by atoms with Crippen molar-refractivity contribution in [3.63, 3.8) is 0 Å². The lowest BCUT2D eigenvalue weighted by Gasteiger charge is -2.18. The summed E-state index contributed by atoms with van der Waals surface area (Å²) in [6.07, 6.45) is 10.9. The number of carboxylic acid groups (broad SMARTS) is 1. The largest absolute Gasteiger partial charge is 0.493 e. The van der Waals surface area contributed by atoms with Gasteiger partial charge < -0.3 is 24.1 Å². The normalized spacial score (nSPS) is 13.0. The van der Waals surface area contributed by atoms with Crippen LogP contribution in [0.5, 0.6) is 23.0 Å². The fourth-order valence-corrected chi connectivity index (χ4v) is 3.08. The first kappa shape index (κ1) is 19.4. The van der Waals surface area contributed by atoms with Gasteiger partial charge in [0.2, 0.25) is 5.75 Å². The molecular formula is C22H22O6. The van der Waals surface area contributed by atoms with Crippen molar-refractivity contribution in [2.75, 3.05) is 27.9 Å². The van der Waals surface area contributed by atoms with Crippen LogP contribution < -0.4 is 18.9 Å². The van der Waals surface area contributed by atoms with Gasteiger partial charge in [0.15, 0.2) is 11.5 Å². The second kappa shape index (κ2) is 8.52. The van der Waals surface area contributed by atoms with E-state index in [2.05, 4.69) is 0 Å². The summed E-state index contributed by atoms with van der Waals surface area (Å²) in [5, 5.41) is 10.7. The molecule has 0 saturated heterocycles. The van der Waals surface area contributed by atoms with Gasteiger partial charge in [0.1, 0.15) is 12.4 Å². The first-order chi connectivity index (χ1) is 13.6. The Balaban J connectivity index is 2.16. The maximum absolute atomic E-state index is 11.6. The number of aromatic carboxylic acids is 1. The van der Waals surface area contributed by atoms with Gasteiger partial charge in [0, 0.05) is 0 Å². The zero-order chi connectivity index (χ0) is 20.1. The molecule has 0 atom stereocenters. The molecule has 0 bridgehead atoms. The minimum Gasteiger partial charge on any atom is -0.493 e. The molecule has 28 heavy (non-hydrogen) atoms. The Labute approximate surface area is 163 Å². The molecule has 0 unspecified atom stereocenters. The van der Waals surface area contributed by atoms with Gasteiger partial charge >= 0.3 is 5.97 Å². The van der Waals surface area contributed by atoms with Gasteiger partial charge in [-0.1, -0.05) is 30.4 Å². The van der Waals surface area contributed by atoms with E-state index < -0.39 is 5.97 Å². The highest BCUT2D eigenvalue weighted by Crippen LogP contribution is 2.47. The van der Waals surface area contributed by atoms with Crippen LogP contribution in [0.25, 0.3) is 10.8 Å². The topological polar surface area (TPSA) is 74.2 Å².